The molecule has 1 atom stereocenters. The van der Waals surface area contributed by atoms with Crippen molar-refractivity contribution in [3.05, 3.63) is 35.1 Å². The molecular weight excluding hydrogens is 265 g/mol. The highest BCUT2D eigenvalue weighted by atomic mass is 19.1. The predicted octanol–water partition coefficient (Wildman–Crippen LogP) is 4.74. The van der Waals surface area contributed by atoms with Crippen LogP contribution >= 0.6 is 0 Å². The van der Waals surface area contributed by atoms with E-state index >= 15 is 0 Å². The molecule has 1 aliphatic carbocycles. The number of rotatable bonds is 4. The van der Waals surface area contributed by atoms with Crippen molar-refractivity contribution in [3.63, 3.8) is 0 Å². The third kappa shape index (κ3) is 2.85. The molecule has 4 heteroatoms. The molecule has 1 unspecified atom stereocenters. The van der Waals surface area contributed by atoms with Gasteiger partial charge in [-0.1, -0.05) is 26.7 Å². The first-order chi connectivity index (χ1) is 9.35. The summed E-state index contributed by atoms with van der Waals surface area (Å²) in [4.78, 5) is 0. The second-order valence-electron chi connectivity index (χ2n) is 6.35. The van der Waals surface area contributed by atoms with Crippen molar-refractivity contribution >= 4 is 0 Å². The van der Waals surface area contributed by atoms with Gasteiger partial charge >= 0.3 is 0 Å². The van der Waals surface area contributed by atoms with Gasteiger partial charge < -0.3 is 5.11 Å². The lowest BCUT2D eigenvalue weighted by molar-refractivity contribution is 0.00610. The fraction of sp³-hybridized carbons (Fsp3) is 0.625. The maximum absolute atomic E-state index is 13.9. The van der Waals surface area contributed by atoms with Crippen LogP contribution in [0.5, 0.6) is 0 Å². The van der Waals surface area contributed by atoms with Crippen molar-refractivity contribution in [1.29, 1.82) is 0 Å². The van der Waals surface area contributed by atoms with Gasteiger partial charge in [0.2, 0.25) is 0 Å². The standard InChI is InChI=1S/C16H21F3O/c1-10(2)9-16(5-3-4-6-16)15(20)14-12(18)7-11(17)8-13(14)19/h7-8,10,15,20H,3-6,9H2,1-2H3. The van der Waals surface area contributed by atoms with E-state index in [-0.39, 0.29) is 5.56 Å². The second-order valence-corrected chi connectivity index (χ2v) is 6.35. The largest absolute Gasteiger partial charge is 0.388 e. The molecule has 20 heavy (non-hydrogen) atoms. The summed E-state index contributed by atoms with van der Waals surface area (Å²) in [5.74, 6) is -2.62. The zero-order valence-corrected chi connectivity index (χ0v) is 11.9. The summed E-state index contributed by atoms with van der Waals surface area (Å²) in [5, 5.41) is 10.6. The van der Waals surface area contributed by atoms with Crippen LogP contribution in [-0.2, 0) is 0 Å². The lowest BCUT2D eigenvalue weighted by Gasteiger charge is -2.36. The van der Waals surface area contributed by atoms with Crippen molar-refractivity contribution in [1.82, 2.24) is 0 Å². The van der Waals surface area contributed by atoms with Crippen LogP contribution in [0.3, 0.4) is 0 Å². The first-order valence-corrected chi connectivity index (χ1v) is 7.18. The Morgan fingerprint density at radius 2 is 1.60 bits per heavy atom. The molecular formula is C16H21F3O. The summed E-state index contributed by atoms with van der Waals surface area (Å²) in [6.07, 6.45) is 2.91. The number of hydrogen-bond donors (Lipinski definition) is 1. The Bertz CT molecular complexity index is 456. The SMILES string of the molecule is CC(C)CC1(C(O)c2c(F)cc(F)cc2F)CCCC1. The Morgan fingerprint density at radius 3 is 2.05 bits per heavy atom. The van der Waals surface area contributed by atoms with Crippen molar-refractivity contribution in [2.24, 2.45) is 11.3 Å². The predicted molar refractivity (Wildman–Crippen MR) is 71.6 cm³/mol. The van der Waals surface area contributed by atoms with Crippen LogP contribution < -0.4 is 0 Å². The summed E-state index contributed by atoms with van der Waals surface area (Å²) < 4.78 is 40.8. The molecule has 0 amide bonds. The van der Waals surface area contributed by atoms with Crippen LogP contribution in [0.1, 0.15) is 57.6 Å². The third-order valence-corrected chi connectivity index (χ3v) is 4.31. The smallest absolute Gasteiger partial charge is 0.134 e. The zero-order valence-electron chi connectivity index (χ0n) is 11.9. The first-order valence-electron chi connectivity index (χ1n) is 7.18. The van der Waals surface area contributed by atoms with E-state index in [1.807, 2.05) is 13.8 Å². The molecule has 0 spiro atoms. The van der Waals surface area contributed by atoms with Gasteiger partial charge in [-0.25, -0.2) is 13.2 Å². The van der Waals surface area contributed by atoms with Crippen LogP contribution in [0.25, 0.3) is 0 Å². The van der Waals surface area contributed by atoms with Gasteiger partial charge in [0.1, 0.15) is 17.5 Å². The molecule has 112 valence electrons. The van der Waals surface area contributed by atoms with Gasteiger partial charge in [0.25, 0.3) is 0 Å². The monoisotopic (exact) mass is 286 g/mol. The minimum Gasteiger partial charge on any atom is -0.388 e. The molecule has 1 nitrogen and oxygen atoms in total. The van der Waals surface area contributed by atoms with Crippen molar-refractivity contribution in [2.45, 2.75) is 52.1 Å². The van der Waals surface area contributed by atoms with Crippen molar-refractivity contribution < 1.29 is 18.3 Å². The van der Waals surface area contributed by atoms with Gasteiger partial charge in [-0.2, -0.15) is 0 Å². The maximum atomic E-state index is 13.9. The van der Waals surface area contributed by atoms with Crippen LogP contribution in [0.4, 0.5) is 13.2 Å². The lowest BCUT2D eigenvalue weighted by atomic mass is 9.71. The van der Waals surface area contributed by atoms with E-state index < -0.39 is 29.0 Å². The van der Waals surface area contributed by atoms with Gasteiger partial charge in [0.05, 0.1) is 11.7 Å². The highest BCUT2D eigenvalue weighted by Crippen LogP contribution is 2.52. The Hall–Kier alpha value is -1.03. The maximum Gasteiger partial charge on any atom is 0.134 e. The van der Waals surface area contributed by atoms with Gasteiger partial charge in [-0.15, -0.1) is 0 Å². The van der Waals surface area contributed by atoms with E-state index in [1.54, 1.807) is 0 Å². The highest BCUT2D eigenvalue weighted by Gasteiger charge is 2.43. The molecule has 2 rings (SSSR count). The van der Waals surface area contributed by atoms with Crippen molar-refractivity contribution in [2.75, 3.05) is 0 Å². The molecule has 0 aromatic heterocycles. The topological polar surface area (TPSA) is 20.2 Å². The minimum absolute atomic E-state index is 0.328. The molecule has 1 N–H and O–H groups in total. The minimum atomic E-state index is -1.21. The molecule has 0 radical (unpaired) electrons. The average molecular weight is 286 g/mol. The highest BCUT2D eigenvalue weighted by molar-refractivity contribution is 5.25. The van der Waals surface area contributed by atoms with E-state index in [4.69, 9.17) is 0 Å². The number of aliphatic hydroxyl groups is 1. The Balaban J connectivity index is 2.40. The molecule has 1 aromatic carbocycles. The van der Waals surface area contributed by atoms with E-state index in [0.717, 1.165) is 25.7 Å². The van der Waals surface area contributed by atoms with Gasteiger partial charge in [0, 0.05) is 17.5 Å². The zero-order chi connectivity index (χ0) is 14.9. The Morgan fingerprint density at radius 1 is 1.10 bits per heavy atom. The Kier molecular flexibility index (Phi) is 4.43. The summed E-state index contributed by atoms with van der Waals surface area (Å²) in [5.41, 5.74) is -0.873. The third-order valence-electron chi connectivity index (χ3n) is 4.31. The average Bonchev–Trinajstić information content (AvgIpc) is 2.76. The normalized spacial score (nSPS) is 19.6. The Labute approximate surface area is 117 Å². The van der Waals surface area contributed by atoms with Crippen molar-refractivity contribution in [3.8, 4) is 0 Å². The number of halogens is 3. The molecule has 0 bridgehead atoms. The van der Waals surface area contributed by atoms with Crippen LogP contribution in [-0.4, -0.2) is 5.11 Å². The molecule has 1 fully saturated rings. The molecule has 1 saturated carbocycles. The summed E-state index contributed by atoms with van der Waals surface area (Å²) >= 11 is 0. The first kappa shape index (κ1) is 15.4. The molecule has 1 aliphatic rings. The van der Waals surface area contributed by atoms with E-state index in [2.05, 4.69) is 0 Å². The van der Waals surface area contributed by atoms with Gasteiger partial charge in [-0.3, -0.25) is 0 Å². The van der Waals surface area contributed by atoms with E-state index in [9.17, 15) is 18.3 Å². The van der Waals surface area contributed by atoms with E-state index in [1.165, 1.54) is 0 Å². The quantitative estimate of drug-likeness (QED) is 0.847. The molecule has 0 aliphatic heterocycles. The molecule has 1 aromatic rings. The lowest BCUT2D eigenvalue weighted by Crippen LogP contribution is -2.29. The fourth-order valence-electron chi connectivity index (χ4n) is 3.60. The molecule has 0 saturated heterocycles. The number of hydrogen-bond acceptors (Lipinski definition) is 1. The summed E-state index contributed by atoms with van der Waals surface area (Å²) in [6, 6.07) is 1.28. The molecule has 0 heterocycles. The van der Waals surface area contributed by atoms with Crippen LogP contribution in [0, 0.1) is 28.8 Å². The second kappa shape index (κ2) is 5.76. The number of aliphatic hydroxyl groups excluding tert-OH is 1. The summed E-state index contributed by atoms with van der Waals surface area (Å²) in [6.45, 7) is 4.06. The summed E-state index contributed by atoms with van der Waals surface area (Å²) in [7, 11) is 0. The number of benzene rings is 1. The van der Waals surface area contributed by atoms with E-state index in [0.29, 0.717) is 24.5 Å². The fourth-order valence-corrected chi connectivity index (χ4v) is 3.60. The van der Waals surface area contributed by atoms with Gasteiger partial charge in [0.15, 0.2) is 0 Å². The van der Waals surface area contributed by atoms with Crippen LogP contribution in [0.15, 0.2) is 12.1 Å². The van der Waals surface area contributed by atoms with Gasteiger partial charge in [-0.05, 0) is 25.2 Å². The van der Waals surface area contributed by atoms with Crippen LogP contribution in [0.2, 0.25) is 0 Å².